The van der Waals surface area contributed by atoms with Crippen molar-refractivity contribution >= 4 is 5.69 Å². The van der Waals surface area contributed by atoms with Gasteiger partial charge in [-0.1, -0.05) is 31.9 Å². The second-order valence-electron chi connectivity index (χ2n) is 7.45. The van der Waals surface area contributed by atoms with Crippen LogP contribution in [0.2, 0.25) is 0 Å². The Kier molecular flexibility index (Phi) is 5.96. The van der Waals surface area contributed by atoms with E-state index in [-0.39, 0.29) is 6.61 Å². The molecule has 3 heteroatoms. The van der Waals surface area contributed by atoms with Crippen molar-refractivity contribution in [3.05, 3.63) is 29.8 Å². The molecule has 0 bridgehead atoms. The Morgan fingerprint density at radius 3 is 2.39 bits per heavy atom. The fourth-order valence-electron chi connectivity index (χ4n) is 4.35. The first kappa shape index (κ1) is 16.8. The number of benzene rings is 1. The fourth-order valence-corrected chi connectivity index (χ4v) is 4.35. The number of likely N-dealkylation sites (tertiary alicyclic amines) is 1. The zero-order valence-corrected chi connectivity index (χ0v) is 14.5. The summed E-state index contributed by atoms with van der Waals surface area (Å²) in [5.74, 6) is 0.882. The fraction of sp³-hybridized carbons (Fsp3) is 0.700. The molecule has 3 nitrogen and oxygen atoms in total. The van der Waals surface area contributed by atoms with Gasteiger partial charge in [-0.05, 0) is 55.7 Å². The lowest BCUT2D eigenvalue weighted by molar-refractivity contribution is 0.0887. The van der Waals surface area contributed by atoms with Gasteiger partial charge in [0.15, 0.2) is 0 Å². The van der Waals surface area contributed by atoms with Crippen LogP contribution in [0.3, 0.4) is 0 Å². The molecule has 2 atom stereocenters. The van der Waals surface area contributed by atoms with E-state index in [0.717, 1.165) is 18.4 Å². The van der Waals surface area contributed by atoms with Crippen molar-refractivity contribution in [3.63, 3.8) is 0 Å². The van der Waals surface area contributed by atoms with E-state index in [1.165, 1.54) is 62.9 Å². The first-order valence-corrected chi connectivity index (χ1v) is 9.46. The number of hydrogen-bond donors (Lipinski definition) is 2. The van der Waals surface area contributed by atoms with Gasteiger partial charge < -0.3 is 10.4 Å². The third-order valence-corrected chi connectivity index (χ3v) is 5.79. The summed E-state index contributed by atoms with van der Waals surface area (Å²) in [5, 5.41) is 12.7. The highest BCUT2D eigenvalue weighted by atomic mass is 16.2. The monoisotopic (exact) mass is 316 g/mol. The summed E-state index contributed by atoms with van der Waals surface area (Å²) in [6.07, 6.45) is 8.94. The predicted molar refractivity (Wildman–Crippen MR) is 96.9 cm³/mol. The summed E-state index contributed by atoms with van der Waals surface area (Å²) in [5.41, 5.74) is 2.43. The first-order valence-electron chi connectivity index (χ1n) is 9.46. The van der Waals surface area contributed by atoms with E-state index in [4.69, 9.17) is 5.11 Å². The normalized spacial score (nSPS) is 27.0. The molecule has 1 aliphatic heterocycles. The van der Waals surface area contributed by atoms with Crippen molar-refractivity contribution in [2.75, 3.05) is 25.0 Å². The maximum absolute atomic E-state index is 8.98. The maximum atomic E-state index is 8.98. The second-order valence-corrected chi connectivity index (χ2v) is 7.45. The number of rotatable bonds is 5. The quantitative estimate of drug-likeness (QED) is 0.870. The lowest BCUT2D eigenvalue weighted by atomic mass is 9.84. The van der Waals surface area contributed by atoms with E-state index in [9.17, 15) is 0 Å². The van der Waals surface area contributed by atoms with Crippen LogP contribution in [-0.2, 0) is 6.42 Å². The Bertz CT molecular complexity index is 465. The van der Waals surface area contributed by atoms with Gasteiger partial charge in [0.1, 0.15) is 0 Å². The van der Waals surface area contributed by atoms with E-state index in [1.54, 1.807) is 0 Å². The highest BCUT2D eigenvalue weighted by Crippen LogP contribution is 2.30. The highest BCUT2D eigenvalue weighted by molar-refractivity contribution is 5.45. The Labute approximate surface area is 141 Å². The van der Waals surface area contributed by atoms with Gasteiger partial charge in [-0.2, -0.15) is 0 Å². The van der Waals surface area contributed by atoms with Crippen LogP contribution in [0, 0.1) is 5.92 Å². The highest BCUT2D eigenvalue weighted by Gasteiger charge is 2.30. The molecule has 2 unspecified atom stereocenters. The van der Waals surface area contributed by atoms with Crippen LogP contribution in [0.4, 0.5) is 5.69 Å². The zero-order chi connectivity index (χ0) is 16.1. The molecule has 1 saturated heterocycles. The first-order chi connectivity index (χ1) is 11.3. The molecule has 23 heavy (non-hydrogen) atoms. The number of anilines is 1. The summed E-state index contributed by atoms with van der Waals surface area (Å²) in [6.45, 7) is 5.16. The van der Waals surface area contributed by atoms with Gasteiger partial charge in [0.2, 0.25) is 0 Å². The van der Waals surface area contributed by atoms with Crippen LogP contribution in [0.1, 0.15) is 51.0 Å². The molecule has 0 amide bonds. The van der Waals surface area contributed by atoms with E-state index in [0.29, 0.717) is 6.04 Å². The maximum Gasteiger partial charge on any atom is 0.0471 e. The summed E-state index contributed by atoms with van der Waals surface area (Å²) >= 11 is 0. The van der Waals surface area contributed by atoms with Crippen LogP contribution in [0.5, 0.6) is 0 Å². The molecule has 1 saturated carbocycles. The molecular formula is C20H32N2O. The van der Waals surface area contributed by atoms with Crippen molar-refractivity contribution in [1.29, 1.82) is 0 Å². The molecule has 1 aromatic rings. The van der Waals surface area contributed by atoms with Gasteiger partial charge in [-0.15, -0.1) is 0 Å². The van der Waals surface area contributed by atoms with Crippen molar-refractivity contribution in [1.82, 2.24) is 4.90 Å². The lowest BCUT2D eigenvalue weighted by Crippen LogP contribution is -2.48. The van der Waals surface area contributed by atoms with Crippen LogP contribution in [-0.4, -0.2) is 41.8 Å². The topological polar surface area (TPSA) is 35.5 Å². The van der Waals surface area contributed by atoms with Crippen molar-refractivity contribution in [3.8, 4) is 0 Å². The summed E-state index contributed by atoms with van der Waals surface area (Å²) in [4.78, 5) is 2.76. The predicted octanol–water partition coefficient (Wildman–Crippen LogP) is 3.68. The molecule has 0 aromatic heterocycles. The van der Waals surface area contributed by atoms with Crippen LogP contribution in [0.25, 0.3) is 0 Å². The van der Waals surface area contributed by atoms with Gasteiger partial charge in [0, 0.05) is 37.5 Å². The van der Waals surface area contributed by atoms with Crippen LogP contribution in [0.15, 0.2) is 24.3 Å². The SMILES string of the molecule is CC1CCCCC1N1CCC(Nc2ccc(CCO)cc2)CC1. The van der Waals surface area contributed by atoms with E-state index >= 15 is 0 Å². The number of nitrogens with one attached hydrogen (secondary N) is 1. The third-order valence-electron chi connectivity index (χ3n) is 5.79. The smallest absolute Gasteiger partial charge is 0.0471 e. The number of aliphatic hydroxyl groups is 1. The van der Waals surface area contributed by atoms with Gasteiger partial charge in [0.25, 0.3) is 0 Å². The molecule has 2 N–H and O–H groups in total. The van der Waals surface area contributed by atoms with Crippen molar-refractivity contribution in [2.45, 2.75) is 64.0 Å². The minimum atomic E-state index is 0.227. The molecule has 0 spiro atoms. The van der Waals surface area contributed by atoms with Gasteiger partial charge in [-0.3, -0.25) is 4.90 Å². The Morgan fingerprint density at radius 1 is 1.04 bits per heavy atom. The summed E-state index contributed by atoms with van der Waals surface area (Å²) < 4.78 is 0. The van der Waals surface area contributed by atoms with Gasteiger partial charge >= 0.3 is 0 Å². The van der Waals surface area contributed by atoms with Crippen LogP contribution >= 0.6 is 0 Å². The number of nitrogens with zero attached hydrogens (tertiary/aromatic N) is 1. The molecule has 128 valence electrons. The standard InChI is InChI=1S/C20H32N2O/c1-16-4-2-3-5-20(16)22-13-10-19(11-14-22)21-18-8-6-17(7-9-18)12-15-23/h6-9,16,19-21,23H,2-5,10-15H2,1H3. The third kappa shape index (κ3) is 4.48. The molecule has 2 fully saturated rings. The molecule has 0 radical (unpaired) electrons. The van der Waals surface area contributed by atoms with Crippen LogP contribution < -0.4 is 5.32 Å². The largest absolute Gasteiger partial charge is 0.396 e. The van der Waals surface area contributed by atoms with E-state index in [1.807, 2.05) is 0 Å². The Hall–Kier alpha value is -1.06. The van der Waals surface area contributed by atoms with Gasteiger partial charge in [-0.25, -0.2) is 0 Å². The minimum Gasteiger partial charge on any atom is -0.396 e. The molecular weight excluding hydrogens is 284 g/mol. The summed E-state index contributed by atoms with van der Waals surface area (Å²) in [6, 6.07) is 9.99. The van der Waals surface area contributed by atoms with Gasteiger partial charge in [0.05, 0.1) is 0 Å². The molecule has 1 aromatic carbocycles. The molecule has 2 aliphatic rings. The van der Waals surface area contributed by atoms with Crippen molar-refractivity contribution < 1.29 is 5.11 Å². The number of aliphatic hydroxyl groups excluding tert-OH is 1. The average Bonchev–Trinajstić information content (AvgIpc) is 2.58. The summed E-state index contributed by atoms with van der Waals surface area (Å²) in [7, 11) is 0. The Balaban J connectivity index is 1.47. The molecule has 1 heterocycles. The number of piperidine rings is 1. The Morgan fingerprint density at radius 2 is 1.74 bits per heavy atom. The molecule has 1 aliphatic carbocycles. The minimum absolute atomic E-state index is 0.227. The second kappa shape index (κ2) is 8.16. The lowest BCUT2D eigenvalue weighted by Gasteiger charge is -2.42. The average molecular weight is 316 g/mol. The van der Waals surface area contributed by atoms with E-state index < -0.39 is 0 Å². The number of hydrogen-bond acceptors (Lipinski definition) is 3. The van der Waals surface area contributed by atoms with E-state index in [2.05, 4.69) is 41.4 Å². The van der Waals surface area contributed by atoms with Crippen molar-refractivity contribution in [2.24, 2.45) is 5.92 Å². The molecule has 3 rings (SSSR count). The zero-order valence-electron chi connectivity index (χ0n) is 14.5.